The van der Waals surface area contributed by atoms with E-state index in [4.69, 9.17) is 9.84 Å². The van der Waals surface area contributed by atoms with Crippen LogP contribution in [-0.2, 0) is 9.53 Å². The highest BCUT2D eigenvalue weighted by molar-refractivity contribution is 5.99. The predicted octanol–water partition coefficient (Wildman–Crippen LogP) is 1.24. The van der Waals surface area contributed by atoms with Crippen molar-refractivity contribution >= 4 is 18.0 Å². The Hall–Kier alpha value is -2.01. The van der Waals surface area contributed by atoms with Crippen molar-refractivity contribution in [2.45, 2.75) is 13.3 Å². The molecule has 0 aliphatic heterocycles. The topological polar surface area (TPSA) is 80.7 Å². The van der Waals surface area contributed by atoms with Crippen LogP contribution < -0.4 is 0 Å². The number of benzene rings is 1. The van der Waals surface area contributed by atoms with Crippen LogP contribution >= 0.6 is 0 Å². The molecule has 0 heterocycles. The summed E-state index contributed by atoms with van der Waals surface area (Å²) in [5.41, 5.74) is 0.731. The van der Waals surface area contributed by atoms with E-state index in [0.29, 0.717) is 17.4 Å². The zero-order valence-corrected chi connectivity index (χ0v) is 10.7. The van der Waals surface area contributed by atoms with E-state index in [0.717, 1.165) is 0 Å². The molecule has 5 nitrogen and oxygen atoms in total. The van der Waals surface area contributed by atoms with Gasteiger partial charge in [-0.15, -0.1) is 0 Å². The lowest BCUT2D eigenvalue weighted by Gasteiger charge is -2.12. The van der Waals surface area contributed by atoms with Crippen LogP contribution in [0.15, 0.2) is 24.3 Å². The first-order valence-electron chi connectivity index (χ1n) is 5.98. The van der Waals surface area contributed by atoms with Crippen molar-refractivity contribution in [1.82, 2.24) is 0 Å². The third-order valence-corrected chi connectivity index (χ3v) is 2.62. The number of aliphatic hydroxyl groups is 1. The number of hydrogen-bond donors (Lipinski definition) is 1. The molecule has 0 saturated carbocycles. The second-order valence-electron chi connectivity index (χ2n) is 4.00. The second-order valence-corrected chi connectivity index (χ2v) is 4.00. The lowest BCUT2D eigenvalue weighted by atomic mass is 9.98. The number of carbonyl (C=O) groups is 3. The molecule has 0 saturated heterocycles. The maximum absolute atomic E-state index is 12.0. The number of Topliss-reactive ketones (excluding diaryl/α,β-unsaturated/α-hetero) is 1. The lowest BCUT2D eigenvalue weighted by Crippen LogP contribution is -2.24. The molecular formula is C14H16O5. The Labute approximate surface area is 111 Å². The van der Waals surface area contributed by atoms with Crippen molar-refractivity contribution in [3.05, 3.63) is 35.4 Å². The predicted molar refractivity (Wildman–Crippen MR) is 68.0 cm³/mol. The molecule has 1 rings (SSSR count). The summed E-state index contributed by atoms with van der Waals surface area (Å²) in [6.07, 6.45) is 0.503. The van der Waals surface area contributed by atoms with Crippen LogP contribution in [0.3, 0.4) is 0 Å². The molecule has 5 heteroatoms. The van der Waals surface area contributed by atoms with Gasteiger partial charge in [-0.2, -0.15) is 0 Å². The first-order valence-corrected chi connectivity index (χ1v) is 5.98. The van der Waals surface area contributed by atoms with Crippen LogP contribution in [0.2, 0.25) is 0 Å². The van der Waals surface area contributed by atoms with E-state index < -0.39 is 18.5 Å². The molecule has 0 radical (unpaired) electrons. The smallest absolute Gasteiger partial charge is 0.311 e. The molecular weight excluding hydrogens is 248 g/mol. The summed E-state index contributed by atoms with van der Waals surface area (Å²) < 4.78 is 4.77. The second kappa shape index (κ2) is 7.43. The Morgan fingerprint density at radius 2 is 2.16 bits per heavy atom. The Balaban J connectivity index is 2.76. The normalized spacial score (nSPS) is 11.7. The van der Waals surface area contributed by atoms with E-state index in [1.165, 1.54) is 6.07 Å². The Morgan fingerprint density at radius 1 is 1.42 bits per heavy atom. The van der Waals surface area contributed by atoms with Crippen molar-refractivity contribution in [2.75, 3.05) is 13.2 Å². The van der Waals surface area contributed by atoms with Crippen molar-refractivity contribution in [3.63, 3.8) is 0 Å². The van der Waals surface area contributed by atoms with E-state index in [2.05, 4.69) is 0 Å². The Morgan fingerprint density at radius 3 is 2.74 bits per heavy atom. The van der Waals surface area contributed by atoms with Gasteiger partial charge in [-0.1, -0.05) is 18.2 Å². The third-order valence-electron chi connectivity index (χ3n) is 2.62. The molecule has 1 unspecified atom stereocenters. The fraction of sp³-hybridized carbons (Fsp3) is 0.357. The van der Waals surface area contributed by atoms with E-state index >= 15 is 0 Å². The van der Waals surface area contributed by atoms with Crippen LogP contribution in [0, 0.1) is 5.92 Å². The van der Waals surface area contributed by atoms with Gasteiger partial charge in [0.1, 0.15) is 6.29 Å². The van der Waals surface area contributed by atoms with Crippen molar-refractivity contribution in [2.24, 2.45) is 5.92 Å². The van der Waals surface area contributed by atoms with Gasteiger partial charge < -0.3 is 9.84 Å². The molecule has 0 fully saturated rings. The van der Waals surface area contributed by atoms with Gasteiger partial charge in [0.2, 0.25) is 0 Å². The zero-order valence-electron chi connectivity index (χ0n) is 10.7. The maximum Gasteiger partial charge on any atom is 0.311 e. The zero-order chi connectivity index (χ0) is 14.3. The van der Waals surface area contributed by atoms with Crippen LogP contribution in [0.1, 0.15) is 34.1 Å². The van der Waals surface area contributed by atoms with Crippen molar-refractivity contribution < 1.29 is 24.2 Å². The van der Waals surface area contributed by atoms with Crippen LogP contribution in [0.5, 0.6) is 0 Å². The van der Waals surface area contributed by atoms with Gasteiger partial charge in [0.05, 0.1) is 19.1 Å². The SMILES string of the molecule is CCOC(=O)C(CO)CC(=O)c1cccc(C=O)c1. The van der Waals surface area contributed by atoms with Gasteiger partial charge in [0.25, 0.3) is 0 Å². The third kappa shape index (κ3) is 4.30. The number of hydrogen-bond acceptors (Lipinski definition) is 5. The van der Waals surface area contributed by atoms with Crippen LogP contribution in [0.4, 0.5) is 0 Å². The Bertz CT molecular complexity index is 467. The first kappa shape index (κ1) is 15.0. The van der Waals surface area contributed by atoms with Gasteiger partial charge in [-0.3, -0.25) is 14.4 Å². The van der Waals surface area contributed by atoms with Gasteiger partial charge in [-0.05, 0) is 13.0 Å². The fourth-order valence-electron chi connectivity index (χ4n) is 1.61. The standard InChI is InChI=1S/C14H16O5/c1-2-19-14(18)12(9-16)7-13(17)11-5-3-4-10(6-11)8-15/h3-6,8,12,16H,2,7,9H2,1H3. The molecule has 0 aliphatic rings. The number of rotatable bonds is 7. The van der Waals surface area contributed by atoms with Gasteiger partial charge in [0, 0.05) is 17.5 Å². The largest absolute Gasteiger partial charge is 0.466 e. The summed E-state index contributed by atoms with van der Waals surface area (Å²) in [4.78, 5) is 34.1. The number of ether oxygens (including phenoxy) is 1. The molecule has 0 bridgehead atoms. The minimum Gasteiger partial charge on any atom is -0.466 e. The average Bonchev–Trinajstić information content (AvgIpc) is 2.44. The van der Waals surface area contributed by atoms with E-state index in [1.54, 1.807) is 25.1 Å². The summed E-state index contributed by atoms with van der Waals surface area (Å²) >= 11 is 0. The molecule has 19 heavy (non-hydrogen) atoms. The number of carbonyl (C=O) groups excluding carboxylic acids is 3. The highest BCUT2D eigenvalue weighted by atomic mass is 16.5. The number of aldehydes is 1. The highest BCUT2D eigenvalue weighted by Crippen LogP contribution is 2.13. The maximum atomic E-state index is 12.0. The van der Waals surface area contributed by atoms with Gasteiger partial charge in [-0.25, -0.2) is 0 Å². The van der Waals surface area contributed by atoms with Crippen molar-refractivity contribution in [1.29, 1.82) is 0 Å². The molecule has 0 aliphatic carbocycles. The fourth-order valence-corrected chi connectivity index (χ4v) is 1.61. The van der Waals surface area contributed by atoms with Crippen LogP contribution in [-0.4, -0.2) is 36.4 Å². The molecule has 0 amide bonds. The Kier molecular flexibility index (Phi) is 5.89. The van der Waals surface area contributed by atoms with E-state index in [9.17, 15) is 14.4 Å². The van der Waals surface area contributed by atoms with E-state index in [1.807, 2.05) is 0 Å². The highest BCUT2D eigenvalue weighted by Gasteiger charge is 2.23. The van der Waals surface area contributed by atoms with Crippen LogP contribution in [0.25, 0.3) is 0 Å². The lowest BCUT2D eigenvalue weighted by molar-refractivity contribution is -0.149. The van der Waals surface area contributed by atoms with Gasteiger partial charge >= 0.3 is 5.97 Å². The molecule has 1 aromatic rings. The number of aliphatic hydroxyl groups excluding tert-OH is 1. The van der Waals surface area contributed by atoms with Crippen molar-refractivity contribution in [3.8, 4) is 0 Å². The minimum atomic E-state index is -0.868. The summed E-state index contributed by atoms with van der Waals surface area (Å²) in [6.45, 7) is 1.41. The molecule has 1 N–H and O–H groups in total. The summed E-state index contributed by atoms with van der Waals surface area (Å²) in [5.74, 6) is -1.77. The molecule has 0 spiro atoms. The monoisotopic (exact) mass is 264 g/mol. The number of ketones is 1. The first-order chi connectivity index (χ1) is 9.12. The summed E-state index contributed by atoms with van der Waals surface area (Å²) in [5, 5.41) is 9.11. The molecule has 102 valence electrons. The quantitative estimate of drug-likeness (QED) is 0.455. The molecule has 0 aromatic heterocycles. The molecule has 1 aromatic carbocycles. The minimum absolute atomic E-state index is 0.141. The summed E-state index contributed by atoms with van der Waals surface area (Å²) in [6, 6.07) is 6.19. The van der Waals surface area contributed by atoms with E-state index in [-0.39, 0.29) is 18.8 Å². The number of esters is 1. The summed E-state index contributed by atoms with van der Waals surface area (Å²) in [7, 11) is 0. The van der Waals surface area contributed by atoms with Gasteiger partial charge in [0.15, 0.2) is 5.78 Å². The molecule has 1 atom stereocenters. The average molecular weight is 264 g/mol.